The molecule has 3 rings (SSSR count). The van der Waals surface area contributed by atoms with Crippen molar-refractivity contribution in [2.75, 3.05) is 11.9 Å². The maximum absolute atomic E-state index is 12.3. The van der Waals surface area contributed by atoms with Gasteiger partial charge in [-0.15, -0.1) is 0 Å². The van der Waals surface area contributed by atoms with Gasteiger partial charge in [0.05, 0.1) is 16.3 Å². The zero-order valence-corrected chi connectivity index (χ0v) is 19.4. The van der Waals surface area contributed by atoms with E-state index in [1.807, 2.05) is 6.07 Å². The molecule has 2 aromatic rings. The number of aromatic hydroxyl groups is 1. The smallest absolute Gasteiger partial charge is 0.275 e. The van der Waals surface area contributed by atoms with E-state index in [9.17, 15) is 9.90 Å². The van der Waals surface area contributed by atoms with E-state index in [0.29, 0.717) is 14.9 Å². The largest absolute Gasteiger partial charge is 0.506 e. The summed E-state index contributed by atoms with van der Waals surface area (Å²) in [5.74, 6) is -0.159. The van der Waals surface area contributed by atoms with Gasteiger partial charge in [-0.3, -0.25) is 4.79 Å². The van der Waals surface area contributed by atoms with Crippen LogP contribution in [0.3, 0.4) is 0 Å². The molecular formula is C21H23Br2N3O2. The molecule has 1 amide bonds. The van der Waals surface area contributed by atoms with Gasteiger partial charge in [-0.1, -0.05) is 28.9 Å². The van der Waals surface area contributed by atoms with Crippen LogP contribution in [0.2, 0.25) is 0 Å². The van der Waals surface area contributed by atoms with E-state index in [2.05, 4.69) is 87.2 Å². The minimum absolute atomic E-state index is 0.121. The van der Waals surface area contributed by atoms with Gasteiger partial charge in [-0.2, -0.15) is 5.10 Å². The Balaban J connectivity index is 1.78. The summed E-state index contributed by atoms with van der Waals surface area (Å²) in [4.78, 5) is 14.6. The average Bonchev–Trinajstić information content (AvgIpc) is 2.62. The van der Waals surface area contributed by atoms with E-state index in [4.69, 9.17) is 0 Å². The van der Waals surface area contributed by atoms with Crippen LogP contribution >= 0.6 is 31.9 Å². The summed E-state index contributed by atoms with van der Waals surface area (Å²) in [6.45, 7) is 6.75. The number of carbonyl (C=O) groups excluding carboxylic acids is 1. The van der Waals surface area contributed by atoms with Gasteiger partial charge in [0.1, 0.15) is 5.75 Å². The first-order valence-corrected chi connectivity index (χ1v) is 10.6. The van der Waals surface area contributed by atoms with Gasteiger partial charge in [-0.25, -0.2) is 5.43 Å². The highest BCUT2D eigenvalue weighted by Crippen LogP contribution is 2.42. The minimum Gasteiger partial charge on any atom is -0.506 e. The molecule has 7 heteroatoms. The standard InChI is InChI=1S/C21H23Br2N3O2/c1-12-10-21(2,3)26(4)18-6-5-13(7-15(12)18)11-24-25-20(28)16-8-14(22)9-17(23)19(16)27/h5-9,11-12,27H,10H2,1-4H3,(H,25,28)/b24-11-/t12-/m0/s1. The molecule has 2 aromatic carbocycles. The Hall–Kier alpha value is -1.86. The van der Waals surface area contributed by atoms with Crippen molar-refractivity contribution in [3.63, 3.8) is 0 Å². The molecule has 148 valence electrons. The quantitative estimate of drug-likeness (QED) is 0.430. The number of rotatable bonds is 3. The lowest BCUT2D eigenvalue weighted by atomic mass is 9.80. The summed E-state index contributed by atoms with van der Waals surface area (Å²) >= 11 is 6.53. The molecule has 0 saturated heterocycles. The molecule has 0 aromatic heterocycles. The Labute approximate surface area is 182 Å². The zero-order chi connectivity index (χ0) is 20.6. The first-order valence-electron chi connectivity index (χ1n) is 8.99. The van der Waals surface area contributed by atoms with Gasteiger partial charge in [0.15, 0.2) is 0 Å². The summed E-state index contributed by atoms with van der Waals surface area (Å²) in [5.41, 5.74) is 6.16. The van der Waals surface area contributed by atoms with Gasteiger partial charge in [0.2, 0.25) is 0 Å². The monoisotopic (exact) mass is 507 g/mol. The van der Waals surface area contributed by atoms with Crippen molar-refractivity contribution in [3.8, 4) is 5.75 Å². The minimum atomic E-state index is -0.483. The fourth-order valence-corrected chi connectivity index (χ4v) is 4.87. The number of benzene rings is 2. The Morgan fingerprint density at radius 1 is 1.32 bits per heavy atom. The van der Waals surface area contributed by atoms with Gasteiger partial charge in [0.25, 0.3) is 5.91 Å². The van der Waals surface area contributed by atoms with Crippen LogP contribution in [0.15, 0.2) is 44.4 Å². The predicted octanol–water partition coefficient (Wildman–Crippen LogP) is 5.40. The van der Waals surface area contributed by atoms with Crippen molar-refractivity contribution >= 4 is 49.7 Å². The van der Waals surface area contributed by atoms with Crippen LogP contribution in [0.4, 0.5) is 5.69 Å². The molecule has 0 aliphatic carbocycles. The highest BCUT2D eigenvalue weighted by Gasteiger charge is 2.33. The summed E-state index contributed by atoms with van der Waals surface area (Å²) in [7, 11) is 2.13. The van der Waals surface area contributed by atoms with Crippen LogP contribution in [-0.4, -0.2) is 29.8 Å². The summed E-state index contributed by atoms with van der Waals surface area (Å²) in [5, 5.41) is 14.1. The van der Waals surface area contributed by atoms with Gasteiger partial charge < -0.3 is 10.0 Å². The van der Waals surface area contributed by atoms with Gasteiger partial charge in [0, 0.05) is 22.7 Å². The fourth-order valence-electron chi connectivity index (χ4n) is 3.64. The number of hydrazone groups is 1. The summed E-state index contributed by atoms with van der Waals surface area (Å²) in [6.07, 6.45) is 2.69. The lowest BCUT2D eigenvalue weighted by Crippen LogP contribution is -2.45. The van der Waals surface area contributed by atoms with E-state index in [1.165, 1.54) is 11.3 Å². The third kappa shape index (κ3) is 4.10. The summed E-state index contributed by atoms with van der Waals surface area (Å²) in [6, 6.07) is 9.43. The van der Waals surface area contributed by atoms with Crippen molar-refractivity contribution in [3.05, 3.63) is 56.0 Å². The van der Waals surface area contributed by atoms with Crippen LogP contribution in [0.25, 0.3) is 0 Å². The third-order valence-corrected chi connectivity index (χ3v) is 6.37. The normalized spacial score (nSPS) is 18.2. The summed E-state index contributed by atoms with van der Waals surface area (Å²) < 4.78 is 1.12. The first kappa shape index (κ1) is 20.9. The van der Waals surface area contributed by atoms with Crippen molar-refractivity contribution < 1.29 is 9.90 Å². The molecule has 0 radical (unpaired) electrons. The highest BCUT2D eigenvalue weighted by molar-refractivity contribution is 9.11. The van der Waals surface area contributed by atoms with E-state index < -0.39 is 5.91 Å². The lowest BCUT2D eigenvalue weighted by Gasteiger charge is -2.45. The molecule has 1 aliphatic rings. The molecule has 0 fully saturated rings. The number of nitrogens with one attached hydrogen (secondary N) is 1. The molecule has 28 heavy (non-hydrogen) atoms. The Bertz CT molecular complexity index is 957. The van der Waals surface area contributed by atoms with Crippen molar-refractivity contribution in [2.45, 2.75) is 38.6 Å². The Kier molecular flexibility index (Phi) is 5.87. The number of carbonyl (C=O) groups is 1. The Morgan fingerprint density at radius 3 is 2.75 bits per heavy atom. The molecule has 0 unspecified atom stereocenters. The van der Waals surface area contributed by atoms with Crippen molar-refractivity contribution in [1.82, 2.24) is 5.43 Å². The number of fused-ring (bicyclic) bond motifs is 1. The average molecular weight is 509 g/mol. The number of anilines is 1. The zero-order valence-electron chi connectivity index (χ0n) is 16.3. The van der Waals surface area contributed by atoms with E-state index in [-0.39, 0.29) is 16.9 Å². The van der Waals surface area contributed by atoms with E-state index in [1.54, 1.807) is 18.3 Å². The molecule has 1 atom stereocenters. The molecular weight excluding hydrogens is 486 g/mol. The van der Waals surface area contributed by atoms with Crippen LogP contribution in [0.5, 0.6) is 5.75 Å². The maximum Gasteiger partial charge on any atom is 0.275 e. The van der Waals surface area contributed by atoms with Crippen LogP contribution in [0, 0.1) is 0 Å². The van der Waals surface area contributed by atoms with E-state index >= 15 is 0 Å². The number of amides is 1. The number of phenols is 1. The molecule has 0 bridgehead atoms. The lowest BCUT2D eigenvalue weighted by molar-refractivity contribution is 0.0952. The molecule has 1 heterocycles. The number of halogens is 2. The number of phenolic OH excluding ortho intramolecular Hbond substituents is 1. The molecule has 2 N–H and O–H groups in total. The van der Waals surface area contributed by atoms with Crippen LogP contribution in [0.1, 0.15) is 54.6 Å². The maximum atomic E-state index is 12.3. The fraction of sp³-hybridized carbons (Fsp3) is 0.333. The second kappa shape index (κ2) is 7.87. The van der Waals surface area contributed by atoms with Crippen molar-refractivity contribution in [2.24, 2.45) is 5.10 Å². The van der Waals surface area contributed by atoms with E-state index in [0.717, 1.165) is 12.0 Å². The number of hydrogen-bond acceptors (Lipinski definition) is 4. The van der Waals surface area contributed by atoms with Crippen LogP contribution in [-0.2, 0) is 0 Å². The second-order valence-corrected chi connectivity index (χ2v) is 9.55. The number of nitrogens with zero attached hydrogens (tertiary/aromatic N) is 2. The predicted molar refractivity (Wildman–Crippen MR) is 121 cm³/mol. The third-order valence-electron chi connectivity index (χ3n) is 5.31. The molecule has 0 saturated carbocycles. The topological polar surface area (TPSA) is 64.9 Å². The highest BCUT2D eigenvalue weighted by atomic mass is 79.9. The second-order valence-electron chi connectivity index (χ2n) is 7.78. The SMILES string of the molecule is C[C@H]1CC(C)(C)N(C)c2ccc(/C=N\NC(=O)c3cc(Br)cc(Br)c3O)cc21. The molecule has 0 spiro atoms. The Morgan fingerprint density at radius 2 is 2.04 bits per heavy atom. The van der Waals surface area contributed by atoms with Gasteiger partial charge in [-0.05, 0) is 77.5 Å². The molecule has 1 aliphatic heterocycles. The first-order chi connectivity index (χ1) is 13.1. The van der Waals surface area contributed by atoms with Crippen LogP contribution < -0.4 is 10.3 Å². The number of hydrogen-bond donors (Lipinski definition) is 2. The van der Waals surface area contributed by atoms with Gasteiger partial charge >= 0.3 is 0 Å². The molecule has 5 nitrogen and oxygen atoms in total. The van der Waals surface area contributed by atoms with Crippen molar-refractivity contribution in [1.29, 1.82) is 0 Å².